The lowest BCUT2D eigenvalue weighted by Gasteiger charge is -1.99. The zero-order valence-electron chi connectivity index (χ0n) is 8.14. The fourth-order valence-electron chi connectivity index (χ4n) is 1.29. The number of carbonyl (C=O) groups excluding carboxylic acids is 1. The number of Topliss-reactive ketones (excluding diaryl/α,β-unsaturated/α-hetero) is 1. The topological polar surface area (TPSA) is 17.1 Å². The van der Waals surface area contributed by atoms with E-state index in [9.17, 15) is 4.79 Å². The molecule has 0 fully saturated rings. The van der Waals surface area contributed by atoms with Gasteiger partial charge < -0.3 is 0 Å². The zero-order valence-corrected chi connectivity index (χ0v) is 8.14. The molecule has 1 aromatic carbocycles. The summed E-state index contributed by atoms with van der Waals surface area (Å²) in [5.41, 5.74) is 2.88. The molecule has 0 amide bonds. The molecule has 0 saturated carbocycles. The van der Waals surface area contributed by atoms with E-state index < -0.39 is 0 Å². The molecule has 1 heteroatoms. The molecule has 0 radical (unpaired) electrons. The highest BCUT2D eigenvalue weighted by molar-refractivity contribution is 6.09. The van der Waals surface area contributed by atoms with Gasteiger partial charge in [0.25, 0.3) is 0 Å². The lowest BCUT2D eigenvalue weighted by atomic mass is 10.0. The summed E-state index contributed by atoms with van der Waals surface area (Å²) in [5.74, 6) is 5.03. The standard InChI is InChI=1S/C12H12O/c1-4-5-12(13)11-7-9(2)6-10(3)8-11/h6-8H,1-3H3. The summed E-state index contributed by atoms with van der Waals surface area (Å²) in [5, 5.41) is 0. The first-order chi connectivity index (χ1) is 6.13. The summed E-state index contributed by atoms with van der Waals surface area (Å²) in [6.45, 7) is 5.62. The monoisotopic (exact) mass is 172 g/mol. The summed E-state index contributed by atoms with van der Waals surface area (Å²) >= 11 is 0. The minimum atomic E-state index is -0.103. The molecule has 0 spiro atoms. The van der Waals surface area contributed by atoms with E-state index in [1.807, 2.05) is 32.0 Å². The van der Waals surface area contributed by atoms with Crippen LogP contribution in [0, 0.1) is 25.7 Å². The smallest absolute Gasteiger partial charge is 0.235 e. The van der Waals surface area contributed by atoms with E-state index >= 15 is 0 Å². The first kappa shape index (κ1) is 9.54. The molecule has 0 atom stereocenters. The fourth-order valence-corrected chi connectivity index (χ4v) is 1.29. The third-order valence-electron chi connectivity index (χ3n) is 1.72. The second-order valence-electron chi connectivity index (χ2n) is 3.08. The van der Waals surface area contributed by atoms with Crippen molar-refractivity contribution in [2.45, 2.75) is 20.8 Å². The van der Waals surface area contributed by atoms with E-state index in [0.717, 1.165) is 11.1 Å². The number of hydrogen-bond acceptors (Lipinski definition) is 1. The Morgan fingerprint density at radius 1 is 1.15 bits per heavy atom. The predicted octanol–water partition coefficient (Wildman–Crippen LogP) is 2.51. The molecule has 13 heavy (non-hydrogen) atoms. The van der Waals surface area contributed by atoms with Crippen molar-refractivity contribution in [1.82, 2.24) is 0 Å². The first-order valence-electron chi connectivity index (χ1n) is 4.19. The second kappa shape index (κ2) is 3.91. The van der Waals surface area contributed by atoms with Gasteiger partial charge in [0.2, 0.25) is 5.78 Å². The van der Waals surface area contributed by atoms with Crippen molar-refractivity contribution >= 4 is 5.78 Å². The Bertz CT molecular complexity index is 371. The van der Waals surface area contributed by atoms with Crippen LogP contribution in [0.3, 0.4) is 0 Å². The van der Waals surface area contributed by atoms with E-state index in [-0.39, 0.29) is 5.78 Å². The van der Waals surface area contributed by atoms with Crippen LogP contribution in [0.1, 0.15) is 28.4 Å². The SMILES string of the molecule is CC#CC(=O)c1cc(C)cc(C)c1. The summed E-state index contributed by atoms with van der Waals surface area (Å²) in [7, 11) is 0. The number of ketones is 1. The van der Waals surface area contributed by atoms with Gasteiger partial charge in [0.05, 0.1) is 0 Å². The molecule has 0 saturated heterocycles. The predicted molar refractivity (Wildman–Crippen MR) is 53.7 cm³/mol. The van der Waals surface area contributed by atoms with Gasteiger partial charge in [-0.25, -0.2) is 0 Å². The van der Waals surface area contributed by atoms with Gasteiger partial charge in [-0.05, 0) is 38.8 Å². The molecule has 0 aromatic heterocycles. The maximum atomic E-state index is 11.4. The van der Waals surface area contributed by atoms with Gasteiger partial charge >= 0.3 is 0 Å². The van der Waals surface area contributed by atoms with Crippen LogP contribution in [-0.2, 0) is 0 Å². The van der Waals surface area contributed by atoms with Crippen molar-refractivity contribution < 1.29 is 4.79 Å². The van der Waals surface area contributed by atoms with Crippen LogP contribution in [0.4, 0.5) is 0 Å². The Hall–Kier alpha value is -1.55. The van der Waals surface area contributed by atoms with E-state index in [1.54, 1.807) is 6.92 Å². The van der Waals surface area contributed by atoms with Crippen molar-refractivity contribution in [3.63, 3.8) is 0 Å². The highest BCUT2D eigenvalue weighted by Crippen LogP contribution is 2.08. The molecule has 0 aliphatic rings. The van der Waals surface area contributed by atoms with E-state index in [1.165, 1.54) is 0 Å². The van der Waals surface area contributed by atoms with E-state index in [4.69, 9.17) is 0 Å². The number of hydrogen-bond donors (Lipinski definition) is 0. The van der Waals surface area contributed by atoms with Gasteiger partial charge in [0, 0.05) is 5.56 Å². The molecule has 1 nitrogen and oxygen atoms in total. The number of carbonyl (C=O) groups is 1. The molecule has 0 aliphatic heterocycles. The van der Waals surface area contributed by atoms with Gasteiger partial charge in [-0.3, -0.25) is 4.79 Å². The van der Waals surface area contributed by atoms with E-state index in [0.29, 0.717) is 5.56 Å². The molecule has 1 rings (SSSR count). The Labute approximate surface area is 78.8 Å². The van der Waals surface area contributed by atoms with Crippen LogP contribution < -0.4 is 0 Å². The van der Waals surface area contributed by atoms with Gasteiger partial charge in [-0.2, -0.15) is 0 Å². The minimum Gasteiger partial charge on any atom is -0.279 e. The third-order valence-corrected chi connectivity index (χ3v) is 1.72. The second-order valence-corrected chi connectivity index (χ2v) is 3.08. The van der Waals surface area contributed by atoms with E-state index in [2.05, 4.69) is 11.8 Å². The average molecular weight is 172 g/mol. The molecule has 1 aromatic rings. The highest BCUT2D eigenvalue weighted by atomic mass is 16.1. The van der Waals surface area contributed by atoms with Crippen molar-refractivity contribution in [3.05, 3.63) is 34.9 Å². The number of aryl methyl sites for hydroxylation is 2. The summed E-state index contributed by atoms with van der Waals surface area (Å²) in [6, 6.07) is 5.76. The zero-order chi connectivity index (χ0) is 9.84. The minimum absolute atomic E-state index is 0.103. The van der Waals surface area contributed by atoms with Crippen LogP contribution in [0.5, 0.6) is 0 Å². The third kappa shape index (κ3) is 2.45. The van der Waals surface area contributed by atoms with Crippen molar-refractivity contribution in [2.75, 3.05) is 0 Å². The molecule has 0 N–H and O–H groups in total. The summed E-state index contributed by atoms with van der Waals surface area (Å²) in [4.78, 5) is 11.4. The first-order valence-corrected chi connectivity index (χ1v) is 4.19. The molecule has 66 valence electrons. The van der Waals surface area contributed by atoms with Gasteiger partial charge in [-0.15, -0.1) is 0 Å². The van der Waals surface area contributed by atoms with Crippen LogP contribution in [0.25, 0.3) is 0 Å². The average Bonchev–Trinajstić information content (AvgIpc) is 2.03. The Kier molecular flexibility index (Phi) is 2.87. The molecule has 0 heterocycles. The van der Waals surface area contributed by atoms with Crippen molar-refractivity contribution in [2.24, 2.45) is 0 Å². The Morgan fingerprint density at radius 2 is 1.69 bits per heavy atom. The molecule has 0 bridgehead atoms. The van der Waals surface area contributed by atoms with Crippen LogP contribution >= 0.6 is 0 Å². The van der Waals surface area contributed by atoms with Gasteiger partial charge in [-0.1, -0.05) is 23.1 Å². The normalized spacial score (nSPS) is 8.85. The summed E-state index contributed by atoms with van der Waals surface area (Å²) in [6.07, 6.45) is 0. The fraction of sp³-hybridized carbons (Fsp3) is 0.250. The van der Waals surface area contributed by atoms with Gasteiger partial charge in [0.15, 0.2) is 0 Å². The molecule has 0 aliphatic carbocycles. The Balaban J connectivity index is 3.13. The molecule has 0 unspecified atom stereocenters. The van der Waals surface area contributed by atoms with Crippen molar-refractivity contribution in [3.8, 4) is 11.8 Å². The van der Waals surface area contributed by atoms with Crippen LogP contribution in [-0.4, -0.2) is 5.78 Å². The maximum Gasteiger partial charge on any atom is 0.235 e. The molecular formula is C12H12O. The van der Waals surface area contributed by atoms with Crippen LogP contribution in [0.15, 0.2) is 18.2 Å². The van der Waals surface area contributed by atoms with Crippen LogP contribution in [0.2, 0.25) is 0 Å². The maximum absolute atomic E-state index is 11.4. The summed E-state index contributed by atoms with van der Waals surface area (Å²) < 4.78 is 0. The lowest BCUT2D eigenvalue weighted by molar-refractivity contribution is 0.105. The number of rotatable bonds is 1. The Morgan fingerprint density at radius 3 is 2.15 bits per heavy atom. The highest BCUT2D eigenvalue weighted by Gasteiger charge is 2.02. The largest absolute Gasteiger partial charge is 0.279 e. The van der Waals surface area contributed by atoms with Gasteiger partial charge in [0.1, 0.15) is 0 Å². The quantitative estimate of drug-likeness (QED) is 0.361. The molecular weight excluding hydrogens is 160 g/mol. The lowest BCUT2D eigenvalue weighted by Crippen LogP contribution is -1.96. The number of benzene rings is 1. The van der Waals surface area contributed by atoms with Crippen molar-refractivity contribution in [1.29, 1.82) is 0 Å².